The van der Waals surface area contributed by atoms with Crippen LogP contribution < -0.4 is 5.32 Å². The molecular weight excluding hydrogens is 377 g/mol. The molecule has 0 saturated heterocycles. The molecule has 10 heteroatoms. The highest BCUT2D eigenvalue weighted by atomic mass is 31.2. The van der Waals surface area contributed by atoms with Crippen LogP contribution in [0, 0.1) is 10.8 Å². The van der Waals surface area contributed by atoms with E-state index in [2.05, 4.69) is 26.1 Å². The minimum Gasteiger partial charge on any atom is -0.461 e. The van der Waals surface area contributed by atoms with E-state index in [1.54, 1.807) is 20.9 Å². The third kappa shape index (κ3) is 12.9. The van der Waals surface area contributed by atoms with Gasteiger partial charge >= 0.3 is 13.8 Å². The Kier molecular flexibility index (Phi) is 11.3. The SMILES string of the molecule is CNCCOP(=O)(O)OCC(COC(=O)C(C)(C)CCC(C)(C)C)OC=O. The van der Waals surface area contributed by atoms with Gasteiger partial charge in [0.05, 0.1) is 18.6 Å². The predicted octanol–water partition coefficient (Wildman–Crippen LogP) is 2.28. The van der Waals surface area contributed by atoms with Crippen molar-refractivity contribution in [3.8, 4) is 0 Å². The maximum absolute atomic E-state index is 12.3. The van der Waals surface area contributed by atoms with E-state index in [1.165, 1.54) is 0 Å². The number of phosphoric acid groups is 1. The van der Waals surface area contributed by atoms with E-state index >= 15 is 0 Å². The molecule has 160 valence electrons. The van der Waals surface area contributed by atoms with Gasteiger partial charge < -0.3 is 19.7 Å². The van der Waals surface area contributed by atoms with E-state index in [4.69, 9.17) is 18.5 Å². The van der Waals surface area contributed by atoms with E-state index in [-0.39, 0.29) is 25.1 Å². The highest BCUT2D eigenvalue weighted by Crippen LogP contribution is 2.43. The summed E-state index contributed by atoms with van der Waals surface area (Å²) in [5, 5.41) is 2.75. The van der Waals surface area contributed by atoms with Crippen molar-refractivity contribution < 1.29 is 37.6 Å². The summed E-state index contributed by atoms with van der Waals surface area (Å²) in [5.74, 6) is -0.441. The fourth-order valence-electron chi connectivity index (χ4n) is 1.84. The first-order valence-corrected chi connectivity index (χ1v) is 10.4. The lowest BCUT2D eigenvalue weighted by atomic mass is 9.80. The Morgan fingerprint density at radius 2 is 1.78 bits per heavy atom. The largest absolute Gasteiger partial charge is 0.472 e. The van der Waals surface area contributed by atoms with Gasteiger partial charge in [-0.05, 0) is 39.2 Å². The summed E-state index contributed by atoms with van der Waals surface area (Å²) in [5.41, 5.74) is -0.619. The van der Waals surface area contributed by atoms with Gasteiger partial charge in [-0.1, -0.05) is 20.8 Å². The number of ether oxygens (including phenoxy) is 2. The van der Waals surface area contributed by atoms with Gasteiger partial charge in [-0.25, -0.2) is 4.57 Å². The second kappa shape index (κ2) is 11.8. The molecule has 0 bridgehead atoms. The molecule has 0 saturated carbocycles. The molecule has 0 radical (unpaired) electrons. The van der Waals surface area contributed by atoms with E-state index in [0.29, 0.717) is 13.0 Å². The maximum Gasteiger partial charge on any atom is 0.472 e. The molecule has 0 aromatic heterocycles. The zero-order valence-electron chi connectivity index (χ0n) is 17.1. The van der Waals surface area contributed by atoms with Crippen LogP contribution in [-0.2, 0) is 32.7 Å². The number of carbonyl (C=O) groups is 2. The van der Waals surface area contributed by atoms with Gasteiger partial charge in [0.25, 0.3) is 6.47 Å². The van der Waals surface area contributed by atoms with Crippen molar-refractivity contribution in [3.63, 3.8) is 0 Å². The van der Waals surface area contributed by atoms with E-state index in [0.717, 1.165) is 6.42 Å². The monoisotopic (exact) mass is 411 g/mol. The Hall–Kier alpha value is -0.990. The maximum atomic E-state index is 12.3. The smallest absolute Gasteiger partial charge is 0.461 e. The Labute approximate surface area is 161 Å². The van der Waals surface area contributed by atoms with Crippen molar-refractivity contribution in [1.29, 1.82) is 0 Å². The fraction of sp³-hybridized carbons (Fsp3) is 0.882. The fourth-order valence-corrected chi connectivity index (χ4v) is 2.59. The summed E-state index contributed by atoms with van der Waals surface area (Å²) in [4.78, 5) is 32.5. The van der Waals surface area contributed by atoms with Crippen LogP contribution in [-0.4, -0.2) is 56.9 Å². The summed E-state index contributed by atoms with van der Waals surface area (Å²) in [6.07, 6.45) is 0.457. The minimum atomic E-state index is -4.29. The molecule has 0 aromatic carbocycles. The molecule has 27 heavy (non-hydrogen) atoms. The molecule has 2 unspecified atom stereocenters. The molecule has 0 amide bonds. The zero-order valence-corrected chi connectivity index (χ0v) is 18.0. The molecular formula is C17H34NO8P. The highest BCUT2D eigenvalue weighted by Gasteiger charge is 2.32. The van der Waals surface area contributed by atoms with Crippen LogP contribution >= 0.6 is 7.82 Å². The van der Waals surface area contributed by atoms with E-state index in [1.807, 2.05) is 0 Å². The van der Waals surface area contributed by atoms with E-state index in [9.17, 15) is 19.0 Å². The first-order chi connectivity index (χ1) is 12.3. The number of esters is 1. The normalized spacial score (nSPS) is 15.7. The number of nitrogens with one attached hydrogen (secondary N) is 1. The molecule has 0 rings (SSSR count). The number of rotatable bonds is 14. The number of carbonyl (C=O) groups excluding carboxylic acids is 2. The molecule has 0 heterocycles. The van der Waals surface area contributed by atoms with E-state index < -0.39 is 31.9 Å². The topological polar surface area (TPSA) is 120 Å². The average molecular weight is 411 g/mol. The second-order valence-corrected chi connectivity index (χ2v) is 9.55. The van der Waals surface area contributed by atoms with Crippen LogP contribution in [0.15, 0.2) is 0 Å². The van der Waals surface area contributed by atoms with Crippen LogP contribution in [0.5, 0.6) is 0 Å². The van der Waals surface area contributed by atoms with Crippen LogP contribution in [0.25, 0.3) is 0 Å². The van der Waals surface area contributed by atoms with Gasteiger partial charge in [0.2, 0.25) is 0 Å². The molecule has 2 atom stereocenters. The first kappa shape index (κ1) is 26.0. The van der Waals surface area contributed by atoms with Gasteiger partial charge in [-0.15, -0.1) is 0 Å². The summed E-state index contributed by atoms with van der Waals surface area (Å²) in [6, 6.07) is 0. The average Bonchev–Trinajstić information content (AvgIpc) is 2.55. The lowest BCUT2D eigenvalue weighted by Crippen LogP contribution is -2.33. The van der Waals surface area contributed by atoms with Gasteiger partial charge in [-0.3, -0.25) is 18.6 Å². The summed E-state index contributed by atoms with van der Waals surface area (Å²) >= 11 is 0. The molecule has 0 fully saturated rings. The van der Waals surface area contributed by atoms with Crippen LogP contribution in [0.4, 0.5) is 0 Å². The van der Waals surface area contributed by atoms with Gasteiger partial charge in [-0.2, -0.15) is 0 Å². The quantitative estimate of drug-likeness (QED) is 0.192. The molecule has 2 N–H and O–H groups in total. The Morgan fingerprint density at radius 1 is 1.15 bits per heavy atom. The summed E-state index contributed by atoms with van der Waals surface area (Å²) < 4.78 is 31.2. The van der Waals surface area contributed by atoms with Crippen LogP contribution in [0.3, 0.4) is 0 Å². The summed E-state index contributed by atoms with van der Waals surface area (Å²) in [6.45, 7) is 9.60. The molecule has 0 aliphatic rings. The highest BCUT2D eigenvalue weighted by molar-refractivity contribution is 7.47. The van der Waals surface area contributed by atoms with Crippen LogP contribution in [0.1, 0.15) is 47.5 Å². The van der Waals surface area contributed by atoms with Gasteiger partial charge in [0.15, 0.2) is 6.10 Å². The Balaban J connectivity index is 4.54. The van der Waals surface area contributed by atoms with Crippen molar-refractivity contribution in [1.82, 2.24) is 5.32 Å². The number of hydrogen-bond donors (Lipinski definition) is 2. The molecule has 0 aliphatic carbocycles. The number of phosphoric ester groups is 1. The third-order valence-electron chi connectivity index (χ3n) is 3.73. The predicted molar refractivity (Wildman–Crippen MR) is 100 cm³/mol. The standard InChI is InChI=1S/C17H34NO8P/c1-16(2,3)7-8-17(4,5)15(20)23-11-14(24-13-19)12-26-27(21,22)25-10-9-18-6/h13-14,18H,7-12H2,1-6H3,(H,21,22). The third-order valence-corrected chi connectivity index (χ3v) is 4.72. The number of likely N-dealkylation sites (N-methyl/N-ethyl adjacent to an activating group) is 1. The van der Waals surface area contributed by atoms with Gasteiger partial charge in [0, 0.05) is 6.54 Å². The molecule has 0 spiro atoms. The van der Waals surface area contributed by atoms with Gasteiger partial charge in [0.1, 0.15) is 6.61 Å². The molecule has 0 aromatic rings. The minimum absolute atomic E-state index is 0.0273. The first-order valence-electron chi connectivity index (χ1n) is 8.86. The zero-order chi connectivity index (χ0) is 21.1. The summed E-state index contributed by atoms with van der Waals surface area (Å²) in [7, 11) is -2.62. The van der Waals surface area contributed by atoms with Crippen molar-refractivity contribution in [3.05, 3.63) is 0 Å². The lowest BCUT2D eigenvalue weighted by Gasteiger charge is -2.27. The Morgan fingerprint density at radius 3 is 2.30 bits per heavy atom. The molecule has 9 nitrogen and oxygen atoms in total. The number of hydrogen-bond acceptors (Lipinski definition) is 8. The van der Waals surface area contributed by atoms with Crippen LogP contribution in [0.2, 0.25) is 0 Å². The Bertz CT molecular complexity index is 504. The van der Waals surface area contributed by atoms with Crippen molar-refractivity contribution in [2.24, 2.45) is 10.8 Å². The molecule has 0 aliphatic heterocycles. The van der Waals surface area contributed by atoms with Crippen molar-refractivity contribution >= 4 is 20.3 Å². The van der Waals surface area contributed by atoms with Crippen molar-refractivity contribution in [2.75, 3.05) is 33.4 Å². The second-order valence-electron chi connectivity index (χ2n) is 8.10. The lowest BCUT2D eigenvalue weighted by molar-refractivity contribution is -0.162. The van der Waals surface area contributed by atoms with Crippen molar-refractivity contribution in [2.45, 2.75) is 53.6 Å².